The fourth-order valence-electron chi connectivity index (χ4n) is 0.526. The second-order valence-electron chi connectivity index (χ2n) is 3.76. The van der Waals surface area contributed by atoms with Gasteiger partial charge in [-0.15, -0.1) is 0 Å². The normalized spacial score (nSPS) is 16.3. The van der Waals surface area contributed by atoms with Gasteiger partial charge in [-0.1, -0.05) is 27.7 Å². The van der Waals surface area contributed by atoms with Gasteiger partial charge in [0.1, 0.15) is 0 Å². The number of nitrogens with two attached hydrogens (primary N) is 1. The van der Waals surface area contributed by atoms with Gasteiger partial charge in [0.15, 0.2) is 0 Å². The van der Waals surface area contributed by atoms with Crippen LogP contribution in [0.2, 0.25) is 0 Å². The van der Waals surface area contributed by atoms with Gasteiger partial charge < -0.3 is 5.73 Å². The monoisotopic (exact) mass is 129 g/mol. The number of rotatable bonds is 2. The zero-order chi connectivity index (χ0) is 7.65. The van der Waals surface area contributed by atoms with Gasteiger partial charge in [-0.05, 0) is 18.3 Å². The molecule has 9 heavy (non-hydrogen) atoms. The van der Waals surface area contributed by atoms with Crippen molar-refractivity contribution in [2.24, 2.45) is 17.1 Å². The van der Waals surface area contributed by atoms with Crippen molar-refractivity contribution >= 4 is 0 Å². The lowest BCUT2D eigenvalue weighted by Gasteiger charge is -2.33. The van der Waals surface area contributed by atoms with Crippen molar-refractivity contribution in [2.75, 3.05) is 0 Å². The van der Waals surface area contributed by atoms with Gasteiger partial charge in [0.05, 0.1) is 0 Å². The molecule has 56 valence electrons. The van der Waals surface area contributed by atoms with Gasteiger partial charge in [0.2, 0.25) is 0 Å². The Balaban J connectivity index is 4.01. The molecule has 0 amide bonds. The highest BCUT2D eigenvalue weighted by atomic mass is 14.7. The molecular weight excluding hydrogens is 110 g/mol. The molecule has 0 spiro atoms. The van der Waals surface area contributed by atoms with E-state index >= 15 is 0 Å². The molecule has 0 saturated heterocycles. The molecule has 2 N–H and O–H groups in total. The van der Waals surface area contributed by atoms with Gasteiger partial charge in [0.25, 0.3) is 0 Å². The molecule has 0 aliphatic carbocycles. The van der Waals surface area contributed by atoms with E-state index in [0.29, 0.717) is 5.92 Å². The molecule has 0 heterocycles. The third kappa shape index (κ3) is 1.98. The minimum atomic E-state index is 0.278. The van der Waals surface area contributed by atoms with E-state index in [9.17, 15) is 0 Å². The molecule has 0 aromatic heterocycles. The van der Waals surface area contributed by atoms with Crippen LogP contribution in [-0.2, 0) is 0 Å². The van der Waals surface area contributed by atoms with Crippen LogP contribution in [0, 0.1) is 11.3 Å². The lowest BCUT2D eigenvalue weighted by Crippen LogP contribution is -2.38. The van der Waals surface area contributed by atoms with Crippen molar-refractivity contribution in [2.45, 2.75) is 40.7 Å². The minimum absolute atomic E-state index is 0.278. The Kier molecular flexibility index (Phi) is 2.68. The Morgan fingerprint density at radius 3 is 1.44 bits per heavy atom. The molecule has 1 heteroatoms. The highest BCUT2D eigenvalue weighted by molar-refractivity contribution is 4.80. The van der Waals surface area contributed by atoms with Crippen LogP contribution in [0.3, 0.4) is 0 Å². The molecule has 0 aliphatic heterocycles. The average molecular weight is 129 g/mol. The van der Waals surface area contributed by atoms with Crippen molar-refractivity contribution in [1.29, 1.82) is 0 Å². The third-order valence-corrected chi connectivity index (χ3v) is 2.66. The van der Waals surface area contributed by atoms with Crippen LogP contribution in [-0.4, -0.2) is 6.04 Å². The SMILES string of the molecule is CC(C)C(C)(C)C(C)N. The summed E-state index contributed by atoms with van der Waals surface area (Å²) in [7, 11) is 0. The molecule has 0 aromatic carbocycles. The Morgan fingerprint density at radius 2 is 1.44 bits per heavy atom. The Hall–Kier alpha value is -0.0400. The maximum absolute atomic E-state index is 5.77. The zero-order valence-electron chi connectivity index (χ0n) is 7.23. The van der Waals surface area contributed by atoms with Crippen LogP contribution >= 0.6 is 0 Å². The molecule has 0 rings (SSSR count). The van der Waals surface area contributed by atoms with E-state index in [0.717, 1.165) is 0 Å². The third-order valence-electron chi connectivity index (χ3n) is 2.66. The van der Waals surface area contributed by atoms with E-state index < -0.39 is 0 Å². The first-order valence-corrected chi connectivity index (χ1v) is 3.64. The maximum Gasteiger partial charge on any atom is 0.00641 e. The van der Waals surface area contributed by atoms with Crippen LogP contribution in [0.25, 0.3) is 0 Å². The van der Waals surface area contributed by atoms with Crippen molar-refractivity contribution in [3.05, 3.63) is 0 Å². The summed E-state index contributed by atoms with van der Waals surface area (Å²) in [6, 6.07) is 0.289. The predicted octanol–water partition coefficient (Wildman–Crippen LogP) is 2.02. The van der Waals surface area contributed by atoms with Gasteiger partial charge in [0, 0.05) is 6.04 Å². The summed E-state index contributed by atoms with van der Waals surface area (Å²) in [6.07, 6.45) is 0. The fraction of sp³-hybridized carbons (Fsp3) is 1.00. The summed E-state index contributed by atoms with van der Waals surface area (Å²) >= 11 is 0. The van der Waals surface area contributed by atoms with E-state index in [-0.39, 0.29) is 11.5 Å². The second kappa shape index (κ2) is 2.70. The van der Waals surface area contributed by atoms with Crippen LogP contribution < -0.4 is 5.73 Å². The van der Waals surface area contributed by atoms with Crippen LogP contribution in [0.5, 0.6) is 0 Å². The molecule has 0 saturated carbocycles. The van der Waals surface area contributed by atoms with Gasteiger partial charge in [-0.3, -0.25) is 0 Å². The average Bonchev–Trinajstić information content (AvgIpc) is 1.65. The first-order chi connectivity index (χ1) is 3.89. The van der Waals surface area contributed by atoms with E-state index in [1.54, 1.807) is 0 Å². The lowest BCUT2D eigenvalue weighted by molar-refractivity contribution is 0.206. The molecule has 1 atom stereocenters. The fourth-order valence-corrected chi connectivity index (χ4v) is 0.526. The summed E-state index contributed by atoms with van der Waals surface area (Å²) < 4.78 is 0. The van der Waals surface area contributed by atoms with E-state index in [1.165, 1.54) is 0 Å². The highest BCUT2D eigenvalue weighted by Crippen LogP contribution is 2.28. The molecular formula is C8H19N. The first kappa shape index (κ1) is 8.96. The van der Waals surface area contributed by atoms with E-state index in [1.807, 2.05) is 0 Å². The number of hydrogen-bond donors (Lipinski definition) is 1. The maximum atomic E-state index is 5.77. The summed E-state index contributed by atoms with van der Waals surface area (Å²) in [4.78, 5) is 0. The van der Waals surface area contributed by atoms with E-state index in [4.69, 9.17) is 5.73 Å². The lowest BCUT2D eigenvalue weighted by atomic mass is 9.76. The topological polar surface area (TPSA) is 26.0 Å². The quantitative estimate of drug-likeness (QED) is 0.606. The van der Waals surface area contributed by atoms with Crippen LogP contribution in [0.15, 0.2) is 0 Å². The van der Waals surface area contributed by atoms with Crippen molar-refractivity contribution < 1.29 is 0 Å². The summed E-state index contributed by atoms with van der Waals surface area (Å²) in [5.74, 6) is 0.664. The number of hydrogen-bond acceptors (Lipinski definition) is 1. The van der Waals surface area contributed by atoms with Crippen molar-refractivity contribution in [3.63, 3.8) is 0 Å². The molecule has 1 unspecified atom stereocenters. The molecule has 0 aromatic rings. The van der Waals surface area contributed by atoms with Gasteiger partial charge in [-0.2, -0.15) is 0 Å². The molecule has 0 aliphatic rings. The molecule has 0 radical (unpaired) electrons. The van der Waals surface area contributed by atoms with Crippen LogP contribution in [0.1, 0.15) is 34.6 Å². The summed E-state index contributed by atoms with van der Waals surface area (Å²) in [6.45, 7) is 10.9. The predicted molar refractivity (Wildman–Crippen MR) is 42.3 cm³/mol. The van der Waals surface area contributed by atoms with Gasteiger partial charge >= 0.3 is 0 Å². The van der Waals surface area contributed by atoms with Crippen LogP contribution in [0.4, 0.5) is 0 Å². The highest BCUT2D eigenvalue weighted by Gasteiger charge is 2.26. The Morgan fingerprint density at radius 1 is 1.11 bits per heavy atom. The Bertz CT molecular complexity index is 72.6. The summed E-state index contributed by atoms with van der Waals surface area (Å²) in [5.41, 5.74) is 6.05. The minimum Gasteiger partial charge on any atom is -0.327 e. The van der Waals surface area contributed by atoms with Crippen molar-refractivity contribution in [3.8, 4) is 0 Å². The summed E-state index contributed by atoms with van der Waals surface area (Å²) in [5, 5.41) is 0. The molecule has 0 bridgehead atoms. The largest absolute Gasteiger partial charge is 0.327 e. The van der Waals surface area contributed by atoms with Gasteiger partial charge in [-0.25, -0.2) is 0 Å². The first-order valence-electron chi connectivity index (χ1n) is 3.64. The second-order valence-corrected chi connectivity index (χ2v) is 3.76. The smallest absolute Gasteiger partial charge is 0.00641 e. The van der Waals surface area contributed by atoms with Crippen molar-refractivity contribution in [1.82, 2.24) is 0 Å². The zero-order valence-corrected chi connectivity index (χ0v) is 7.23. The standard InChI is InChI=1S/C8H19N/c1-6(2)8(4,5)7(3)9/h6-7H,9H2,1-5H3. The Labute approximate surface area is 58.6 Å². The molecule has 0 fully saturated rings. The molecule has 1 nitrogen and oxygen atoms in total. The van der Waals surface area contributed by atoms with E-state index in [2.05, 4.69) is 34.6 Å².